The number of aromatic nitrogens is 4. The highest BCUT2D eigenvalue weighted by Crippen LogP contribution is 2.67. The number of aliphatic hydroxyl groups is 2. The van der Waals surface area contributed by atoms with E-state index in [4.69, 9.17) is 24.5 Å². The molecule has 7 unspecified atom stereocenters. The summed E-state index contributed by atoms with van der Waals surface area (Å²) < 4.78 is 35.6. The zero-order chi connectivity index (χ0) is 27.2. The fourth-order valence-electron chi connectivity index (χ4n) is 5.17. The van der Waals surface area contributed by atoms with Crippen LogP contribution in [0.25, 0.3) is 11.2 Å². The number of nitrogen functional groups attached to an aromatic ring is 1. The van der Waals surface area contributed by atoms with Gasteiger partial charge in [0.15, 0.2) is 17.2 Å². The van der Waals surface area contributed by atoms with Gasteiger partial charge in [0.2, 0.25) is 11.8 Å². The Labute approximate surface area is 218 Å². The number of carbonyl (C=O) groups is 1. The van der Waals surface area contributed by atoms with E-state index in [9.17, 15) is 19.6 Å². The summed E-state index contributed by atoms with van der Waals surface area (Å²) in [6, 6.07) is 7.50. The molecule has 1 aliphatic carbocycles. The van der Waals surface area contributed by atoms with Gasteiger partial charge in [-0.3, -0.25) is 4.79 Å². The van der Waals surface area contributed by atoms with Crippen LogP contribution in [0.2, 0.25) is 0 Å². The quantitative estimate of drug-likeness (QED) is 0.200. The van der Waals surface area contributed by atoms with Crippen LogP contribution in [-0.4, -0.2) is 86.0 Å². The van der Waals surface area contributed by atoms with Gasteiger partial charge in [-0.2, -0.15) is 9.97 Å². The molecule has 15 heteroatoms. The lowest BCUT2D eigenvalue weighted by molar-refractivity contribution is -0.142. The molecule has 2 fully saturated rings. The topological polar surface area (TPSA) is 193 Å². The summed E-state index contributed by atoms with van der Waals surface area (Å²) in [6.07, 6.45) is -0.704. The average molecular weight is 547 g/mol. The molecule has 0 bridgehead atoms. The number of carbonyl (C=O) groups excluding carboxylic acids is 1. The second kappa shape index (κ2) is 9.80. The summed E-state index contributed by atoms with van der Waals surface area (Å²) in [5.41, 5.74) is 4.35. The van der Waals surface area contributed by atoms with Crippen LogP contribution in [0.5, 0.6) is 5.88 Å². The van der Waals surface area contributed by atoms with Gasteiger partial charge in [0, 0.05) is 6.42 Å². The normalized spacial score (nSPS) is 29.1. The number of methoxy groups -OCH3 is 2. The molecule has 1 saturated carbocycles. The van der Waals surface area contributed by atoms with Crippen LogP contribution < -0.4 is 15.6 Å². The minimum Gasteiger partial charge on any atom is -0.479 e. The van der Waals surface area contributed by atoms with Crippen molar-refractivity contribution >= 4 is 31.3 Å². The molecule has 202 valence electrons. The van der Waals surface area contributed by atoms with E-state index in [1.807, 2.05) is 30.3 Å². The van der Waals surface area contributed by atoms with E-state index in [1.165, 1.54) is 20.5 Å². The fraction of sp³-hybridized carbons (Fsp3) is 0.478. The van der Waals surface area contributed by atoms with Crippen LogP contribution in [0.3, 0.4) is 0 Å². The lowest BCUT2D eigenvalue weighted by atomic mass is 10.1. The number of nitrogens with zero attached hydrogens (tertiary/aromatic N) is 4. The number of hydrogen-bond acceptors (Lipinski definition) is 12. The van der Waals surface area contributed by atoms with Crippen molar-refractivity contribution in [2.45, 2.75) is 48.8 Å². The molecule has 5 N–H and O–H groups in total. The zero-order valence-corrected chi connectivity index (χ0v) is 21.7. The standard InChI is InChI=1S/C23H28N6O8P/c1-22-20(29-11-25-15-17(29)26-21(24)27-18(15)34-2)23(22,32)16(30)14(37-22)10-36-38(33)28-13(19(31)35-3)9-12-7-5-4-6-8-12/h4-8,11,13-14,16,20,30,32H,9-10H2,1-3H3,(H,28,33)(H2,24,26,27)/q+1. The average Bonchev–Trinajstić information content (AvgIpc) is 3.12. The summed E-state index contributed by atoms with van der Waals surface area (Å²) in [7, 11) is 0.127. The van der Waals surface area contributed by atoms with Crippen molar-refractivity contribution in [1.82, 2.24) is 24.6 Å². The lowest BCUT2D eigenvalue weighted by Crippen LogP contribution is -2.40. The third kappa shape index (κ3) is 4.19. The Hall–Kier alpha value is -3.26. The second-order valence-electron chi connectivity index (χ2n) is 9.30. The smallest absolute Gasteiger partial charge is 0.479 e. The zero-order valence-electron chi connectivity index (χ0n) is 20.8. The number of rotatable bonds is 10. The van der Waals surface area contributed by atoms with E-state index in [-0.39, 0.29) is 24.9 Å². The second-order valence-corrected chi connectivity index (χ2v) is 10.3. The van der Waals surface area contributed by atoms with Crippen molar-refractivity contribution in [1.29, 1.82) is 0 Å². The van der Waals surface area contributed by atoms with Gasteiger partial charge in [-0.1, -0.05) is 35.4 Å². The van der Waals surface area contributed by atoms with E-state index < -0.39 is 49.6 Å². The molecule has 1 saturated heterocycles. The van der Waals surface area contributed by atoms with Gasteiger partial charge in [-0.05, 0) is 17.1 Å². The highest BCUT2D eigenvalue weighted by Gasteiger charge is 2.85. The van der Waals surface area contributed by atoms with Crippen LogP contribution in [0.1, 0.15) is 18.5 Å². The van der Waals surface area contributed by atoms with Gasteiger partial charge in [0.05, 0.1) is 20.5 Å². The summed E-state index contributed by atoms with van der Waals surface area (Å²) in [5.74, 6) is -0.464. The van der Waals surface area contributed by atoms with E-state index >= 15 is 0 Å². The van der Waals surface area contributed by atoms with Crippen molar-refractivity contribution in [2.75, 3.05) is 26.6 Å². The summed E-state index contributed by atoms with van der Waals surface area (Å²) in [5, 5.41) is 25.0. The molecule has 3 aromatic rings. The first kappa shape index (κ1) is 26.4. The maximum absolute atomic E-state index is 12.6. The number of fused-ring (bicyclic) bond motifs is 2. The van der Waals surface area contributed by atoms with Gasteiger partial charge >= 0.3 is 14.1 Å². The number of nitrogens with two attached hydrogens (primary N) is 1. The summed E-state index contributed by atoms with van der Waals surface area (Å²) >= 11 is 0. The summed E-state index contributed by atoms with van der Waals surface area (Å²) in [4.78, 5) is 24.7. The highest BCUT2D eigenvalue weighted by molar-refractivity contribution is 7.36. The first-order valence-corrected chi connectivity index (χ1v) is 12.9. The molecule has 2 aromatic heterocycles. The Morgan fingerprint density at radius 3 is 2.68 bits per heavy atom. The molecule has 38 heavy (non-hydrogen) atoms. The predicted molar refractivity (Wildman–Crippen MR) is 132 cm³/mol. The molecule has 2 aliphatic rings. The molecule has 14 nitrogen and oxygen atoms in total. The van der Waals surface area contributed by atoms with Gasteiger partial charge < -0.3 is 34.7 Å². The van der Waals surface area contributed by atoms with Gasteiger partial charge in [-0.15, -0.1) is 4.52 Å². The third-order valence-corrected chi connectivity index (χ3v) is 8.02. The number of hydrogen-bond donors (Lipinski definition) is 4. The minimum atomic E-state index is -2.54. The highest BCUT2D eigenvalue weighted by atomic mass is 31.1. The molecule has 0 radical (unpaired) electrons. The molecule has 3 heterocycles. The maximum atomic E-state index is 12.6. The number of ether oxygens (including phenoxy) is 3. The molecule has 5 rings (SSSR count). The van der Waals surface area contributed by atoms with E-state index in [2.05, 4.69) is 20.0 Å². The number of esters is 1. The number of imidazole rings is 1. The van der Waals surface area contributed by atoms with Crippen molar-refractivity contribution in [3.8, 4) is 5.88 Å². The van der Waals surface area contributed by atoms with Crippen LogP contribution in [0.4, 0.5) is 5.95 Å². The molecule has 0 spiro atoms. The van der Waals surface area contributed by atoms with Crippen molar-refractivity contribution < 1.29 is 38.3 Å². The lowest BCUT2D eigenvalue weighted by Gasteiger charge is -2.22. The fourth-order valence-corrected chi connectivity index (χ4v) is 5.98. The van der Waals surface area contributed by atoms with Crippen LogP contribution in [0.15, 0.2) is 36.7 Å². The van der Waals surface area contributed by atoms with E-state index in [0.717, 1.165) is 5.56 Å². The van der Waals surface area contributed by atoms with Crippen molar-refractivity contribution in [2.24, 2.45) is 0 Å². The summed E-state index contributed by atoms with van der Waals surface area (Å²) in [6.45, 7) is 1.33. The Kier molecular flexibility index (Phi) is 6.80. The van der Waals surface area contributed by atoms with E-state index in [1.54, 1.807) is 11.5 Å². The van der Waals surface area contributed by atoms with Crippen LogP contribution in [0, 0.1) is 0 Å². The monoisotopic (exact) mass is 547 g/mol. The Morgan fingerprint density at radius 2 is 2.05 bits per heavy atom. The molecule has 7 atom stereocenters. The Bertz CT molecular complexity index is 1370. The number of anilines is 1. The van der Waals surface area contributed by atoms with Gasteiger partial charge in [0.1, 0.15) is 36.1 Å². The predicted octanol–water partition coefficient (Wildman–Crippen LogP) is 0.269. The molecule has 1 aromatic carbocycles. The van der Waals surface area contributed by atoms with Crippen molar-refractivity contribution in [3.05, 3.63) is 42.2 Å². The number of nitrogens with one attached hydrogen (secondary N) is 1. The van der Waals surface area contributed by atoms with Gasteiger partial charge in [-0.25, -0.2) is 4.98 Å². The number of benzene rings is 1. The third-order valence-electron chi connectivity index (χ3n) is 7.11. The Morgan fingerprint density at radius 1 is 1.32 bits per heavy atom. The Balaban J connectivity index is 1.24. The maximum Gasteiger partial charge on any atom is 0.613 e. The van der Waals surface area contributed by atoms with E-state index in [0.29, 0.717) is 11.2 Å². The molecule has 1 aliphatic heterocycles. The minimum absolute atomic E-state index is 0.0411. The first-order chi connectivity index (χ1) is 18.1. The van der Waals surface area contributed by atoms with Crippen LogP contribution in [-0.2, 0) is 29.8 Å². The largest absolute Gasteiger partial charge is 0.613 e. The molecule has 0 amide bonds. The molecular formula is C23H28N6O8P+. The van der Waals surface area contributed by atoms with Gasteiger partial charge in [0.25, 0.3) is 0 Å². The first-order valence-electron chi connectivity index (χ1n) is 11.7. The molecular weight excluding hydrogens is 519 g/mol. The van der Waals surface area contributed by atoms with Crippen molar-refractivity contribution in [3.63, 3.8) is 0 Å². The SMILES string of the molecule is COC(=O)C(Cc1ccccc1)N[P+](=O)OCC1OC2(C)C(n3cnc4c(OC)nc(N)nc43)C2(O)C1O. The van der Waals surface area contributed by atoms with Crippen LogP contribution >= 0.6 is 8.18 Å². The number of aliphatic hydroxyl groups excluding tert-OH is 1.